The number of aromatic nitrogens is 2. The first-order valence-electron chi connectivity index (χ1n) is 8.55. The van der Waals surface area contributed by atoms with Gasteiger partial charge in [-0.25, -0.2) is 0 Å². The fourth-order valence-electron chi connectivity index (χ4n) is 4.24. The molecular formula is C21H18N2S. The smallest absolute Gasteiger partial charge is 0.0762 e. The van der Waals surface area contributed by atoms with Crippen molar-refractivity contribution < 1.29 is 0 Å². The van der Waals surface area contributed by atoms with Gasteiger partial charge in [-0.3, -0.25) is 0 Å². The standard InChI is InChI=1S/C21H18N2S/c1-13-21(24-23-22-13)20-8-4-7-16-18-10-9-14-5-2-3-6-15(14)17(18)11-12-19(16)20/h2-3,5-6,9-12,20H,4,7-8H2,1H3. The summed E-state index contributed by atoms with van der Waals surface area (Å²) in [6.07, 6.45) is 3.62. The second kappa shape index (κ2) is 5.38. The molecule has 0 saturated heterocycles. The van der Waals surface area contributed by atoms with E-state index in [4.69, 9.17) is 0 Å². The predicted molar refractivity (Wildman–Crippen MR) is 101 cm³/mol. The van der Waals surface area contributed by atoms with Gasteiger partial charge in [-0.1, -0.05) is 53.0 Å². The normalized spacial score (nSPS) is 17.3. The fraction of sp³-hybridized carbons (Fsp3) is 0.238. The molecule has 0 spiro atoms. The van der Waals surface area contributed by atoms with Crippen molar-refractivity contribution in [3.05, 3.63) is 70.2 Å². The molecule has 3 aromatic carbocycles. The summed E-state index contributed by atoms with van der Waals surface area (Å²) in [4.78, 5) is 1.34. The number of hydrogen-bond donors (Lipinski definition) is 0. The molecule has 4 aromatic rings. The van der Waals surface area contributed by atoms with Crippen LogP contribution in [0.1, 0.15) is 40.5 Å². The first-order valence-corrected chi connectivity index (χ1v) is 9.32. The maximum absolute atomic E-state index is 4.24. The first-order chi connectivity index (χ1) is 11.8. The minimum atomic E-state index is 0.463. The van der Waals surface area contributed by atoms with Crippen molar-refractivity contribution in [1.29, 1.82) is 0 Å². The molecule has 1 unspecified atom stereocenters. The molecule has 1 aliphatic carbocycles. The number of nitrogens with zero attached hydrogens (tertiary/aromatic N) is 2. The maximum atomic E-state index is 4.24. The zero-order valence-corrected chi connectivity index (χ0v) is 14.4. The van der Waals surface area contributed by atoms with Crippen molar-refractivity contribution in [3.63, 3.8) is 0 Å². The summed E-state index contributed by atoms with van der Waals surface area (Å²) in [5.41, 5.74) is 4.11. The monoisotopic (exact) mass is 330 g/mol. The van der Waals surface area contributed by atoms with Crippen LogP contribution < -0.4 is 0 Å². The van der Waals surface area contributed by atoms with Gasteiger partial charge in [0.2, 0.25) is 0 Å². The third-order valence-corrected chi connectivity index (χ3v) is 6.31. The highest BCUT2D eigenvalue weighted by atomic mass is 32.1. The lowest BCUT2D eigenvalue weighted by atomic mass is 9.79. The molecule has 1 heterocycles. The summed E-state index contributed by atoms with van der Waals surface area (Å²) in [6.45, 7) is 2.08. The van der Waals surface area contributed by atoms with Crippen molar-refractivity contribution in [1.82, 2.24) is 9.59 Å². The lowest BCUT2D eigenvalue weighted by molar-refractivity contribution is 0.623. The zero-order chi connectivity index (χ0) is 16.1. The van der Waals surface area contributed by atoms with Crippen LogP contribution in [0.25, 0.3) is 21.5 Å². The molecule has 0 fully saturated rings. The minimum Gasteiger partial charge on any atom is -0.143 e. The van der Waals surface area contributed by atoms with Crippen LogP contribution in [0.2, 0.25) is 0 Å². The topological polar surface area (TPSA) is 25.8 Å². The van der Waals surface area contributed by atoms with Gasteiger partial charge in [-0.15, -0.1) is 5.10 Å². The zero-order valence-electron chi connectivity index (χ0n) is 13.6. The molecule has 0 amide bonds. The van der Waals surface area contributed by atoms with E-state index in [0.29, 0.717) is 5.92 Å². The summed E-state index contributed by atoms with van der Waals surface area (Å²) >= 11 is 1.57. The molecular weight excluding hydrogens is 312 g/mol. The molecule has 2 nitrogen and oxygen atoms in total. The quantitative estimate of drug-likeness (QED) is 0.423. The van der Waals surface area contributed by atoms with Gasteiger partial charge in [0.05, 0.1) is 10.6 Å². The van der Waals surface area contributed by atoms with Crippen LogP contribution in [0.3, 0.4) is 0 Å². The number of fused-ring (bicyclic) bond motifs is 5. The Labute approximate surface area is 145 Å². The Morgan fingerprint density at radius 1 is 0.958 bits per heavy atom. The van der Waals surface area contributed by atoms with Gasteiger partial charge in [0.1, 0.15) is 0 Å². The third kappa shape index (κ3) is 2.01. The van der Waals surface area contributed by atoms with E-state index in [9.17, 15) is 0 Å². The van der Waals surface area contributed by atoms with Crippen molar-refractivity contribution in [2.75, 3.05) is 0 Å². The highest BCUT2D eigenvalue weighted by molar-refractivity contribution is 7.05. The fourth-order valence-corrected chi connectivity index (χ4v) is 5.04. The summed E-state index contributed by atoms with van der Waals surface area (Å²) < 4.78 is 4.16. The van der Waals surface area contributed by atoms with Crippen molar-refractivity contribution in [2.24, 2.45) is 0 Å². The van der Waals surface area contributed by atoms with Gasteiger partial charge in [-0.05, 0) is 70.4 Å². The molecule has 3 heteroatoms. The molecule has 24 heavy (non-hydrogen) atoms. The minimum absolute atomic E-state index is 0.463. The summed E-state index contributed by atoms with van der Waals surface area (Å²) in [5, 5.41) is 9.72. The van der Waals surface area contributed by atoms with Crippen LogP contribution in [0.15, 0.2) is 48.5 Å². The molecule has 5 rings (SSSR count). The molecule has 0 N–H and O–H groups in total. The predicted octanol–water partition coefficient (Wildman–Crippen LogP) is 5.62. The van der Waals surface area contributed by atoms with Gasteiger partial charge in [0.15, 0.2) is 0 Å². The Kier molecular flexibility index (Phi) is 3.17. The molecule has 0 radical (unpaired) electrons. The van der Waals surface area contributed by atoms with E-state index in [-0.39, 0.29) is 0 Å². The van der Waals surface area contributed by atoms with Crippen LogP contribution in [-0.4, -0.2) is 9.59 Å². The Morgan fingerprint density at radius 2 is 1.83 bits per heavy atom. The SMILES string of the molecule is Cc1nnsc1C1CCCc2c1ccc1c2ccc2ccccc21. The van der Waals surface area contributed by atoms with Gasteiger partial charge in [0, 0.05) is 5.92 Å². The van der Waals surface area contributed by atoms with E-state index in [2.05, 4.69) is 65.0 Å². The Balaban J connectivity index is 1.78. The maximum Gasteiger partial charge on any atom is 0.0762 e. The Bertz CT molecular complexity index is 1060. The van der Waals surface area contributed by atoms with Gasteiger partial charge >= 0.3 is 0 Å². The van der Waals surface area contributed by atoms with Gasteiger partial charge in [-0.2, -0.15) is 0 Å². The molecule has 1 atom stereocenters. The number of benzene rings is 3. The first kappa shape index (κ1) is 14.1. The third-order valence-electron chi connectivity index (χ3n) is 5.37. The van der Waals surface area contributed by atoms with Crippen LogP contribution >= 0.6 is 11.5 Å². The lowest BCUT2D eigenvalue weighted by Crippen LogP contribution is -2.11. The molecule has 118 valence electrons. The second-order valence-corrected chi connectivity index (χ2v) is 7.47. The summed E-state index contributed by atoms with van der Waals surface area (Å²) in [5.74, 6) is 0.463. The summed E-state index contributed by atoms with van der Waals surface area (Å²) in [7, 11) is 0. The highest BCUT2D eigenvalue weighted by Gasteiger charge is 2.26. The van der Waals surface area contributed by atoms with E-state index in [1.807, 2.05) is 0 Å². The average Bonchev–Trinajstić information content (AvgIpc) is 3.06. The van der Waals surface area contributed by atoms with Gasteiger partial charge < -0.3 is 0 Å². The molecule has 1 aromatic heterocycles. The van der Waals surface area contributed by atoms with E-state index in [1.165, 1.54) is 56.8 Å². The van der Waals surface area contributed by atoms with E-state index in [0.717, 1.165) is 5.69 Å². The Morgan fingerprint density at radius 3 is 2.71 bits per heavy atom. The largest absolute Gasteiger partial charge is 0.143 e. The molecule has 0 bridgehead atoms. The highest BCUT2D eigenvalue weighted by Crippen LogP contribution is 2.42. The van der Waals surface area contributed by atoms with Gasteiger partial charge in [0.25, 0.3) is 0 Å². The van der Waals surface area contributed by atoms with Crippen LogP contribution in [0.5, 0.6) is 0 Å². The Hall–Kier alpha value is -2.26. The van der Waals surface area contributed by atoms with E-state index < -0.39 is 0 Å². The van der Waals surface area contributed by atoms with E-state index >= 15 is 0 Å². The number of hydrogen-bond acceptors (Lipinski definition) is 3. The summed E-state index contributed by atoms with van der Waals surface area (Å²) in [6, 6.07) is 17.9. The second-order valence-electron chi connectivity index (χ2n) is 6.68. The molecule has 1 aliphatic rings. The van der Waals surface area contributed by atoms with Crippen LogP contribution in [-0.2, 0) is 6.42 Å². The van der Waals surface area contributed by atoms with Crippen molar-refractivity contribution >= 4 is 33.1 Å². The van der Waals surface area contributed by atoms with Crippen molar-refractivity contribution in [3.8, 4) is 0 Å². The molecule has 0 saturated carbocycles. The number of rotatable bonds is 1. The average molecular weight is 330 g/mol. The lowest BCUT2D eigenvalue weighted by Gasteiger charge is -2.26. The van der Waals surface area contributed by atoms with Crippen LogP contribution in [0.4, 0.5) is 0 Å². The van der Waals surface area contributed by atoms with E-state index in [1.54, 1.807) is 11.5 Å². The number of aryl methyl sites for hydroxylation is 2. The van der Waals surface area contributed by atoms with Crippen molar-refractivity contribution in [2.45, 2.75) is 32.1 Å². The van der Waals surface area contributed by atoms with Crippen LogP contribution in [0, 0.1) is 6.92 Å². The molecule has 0 aliphatic heterocycles.